The van der Waals surface area contributed by atoms with Gasteiger partial charge in [-0.15, -0.1) is 10.2 Å². The number of nitrogens with two attached hydrogens (primary N) is 1. The highest BCUT2D eigenvalue weighted by Crippen LogP contribution is 2.29. The maximum atomic E-state index is 11.9. The maximum absolute atomic E-state index is 11.9. The first-order valence-electron chi connectivity index (χ1n) is 8.25. The molecule has 28 heavy (non-hydrogen) atoms. The lowest BCUT2D eigenvalue weighted by molar-refractivity contribution is 0.414. The van der Waals surface area contributed by atoms with E-state index in [1.54, 1.807) is 25.3 Å². The monoisotopic (exact) mass is 414 g/mol. The number of thioether (sulfide) groups is 1. The molecule has 142 valence electrons. The molecule has 0 saturated carbocycles. The van der Waals surface area contributed by atoms with Crippen molar-refractivity contribution in [2.45, 2.75) is 10.9 Å². The Morgan fingerprint density at radius 1 is 1.18 bits per heavy atom. The lowest BCUT2D eigenvalue weighted by atomic mass is 10.1. The van der Waals surface area contributed by atoms with Gasteiger partial charge in [0.1, 0.15) is 11.3 Å². The summed E-state index contributed by atoms with van der Waals surface area (Å²) in [5.74, 6) is 7.78. The van der Waals surface area contributed by atoms with Crippen molar-refractivity contribution in [3.05, 3.63) is 69.5 Å². The molecule has 0 spiro atoms. The summed E-state index contributed by atoms with van der Waals surface area (Å²) in [4.78, 5) is 11.9. The first-order chi connectivity index (χ1) is 13.5. The third-order valence-electron chi connectivity index (χ3n) is 4.16. The summed E-state index contributed by atoms with van der Waals surface area (Å²) in [6.45, 7) is 0. The Labute approximate surface area is 169 Å². The van der Waals surface area contributed by atoms with Crippen LogP contribution in [0.25, 0.3) is 22.4 Å². The fraction of sp³-hybridized carbons (Fsp3) is 0.105. The van der Waals surface area contributed by atoms with Crippen molar-refractivity contribution in [1.29, 1.82) is 0 Å². The van der Waals surface area contributed by atoms with Crippen LogP contribution >= 0.6 is 23.4 Å². The van der Waals surface area contributed by atoms with Gasteiger partial charge in [-0.25, -0.2) is 9.47 Å². The van der Waals surface area contributed by atoms with Gasteiger partial charge in [-0.3, -0.25) is 0 Å². The number of hydrogen-bond donors (Lipinski definition) is 1. The van der Waals surface area contributed by atoms with E-state index in [9.17, 15) is 4.79 Å². The van der Waals surface area contributed by atoms with Gasteiger partial charge < -0.3 is 15.0 Å². The number of nitrogens with zero attached hydrogens (tertiary/aromatic N) is 3. The summed E-state index contributed by atoms with van der Waals surface area (Å²) in [5, 5.41) is 10.3. The number of benzene rings is 2. The van der Waals surface area contributed by atoms with Gasteiger partial charge in [-0.1, -0.05) is 23.4 Å². The summed E-state index contributed by atoms with van der Waals surface area (Å²) in [6, 6.07) is 14.0. The summed E-state index contributed by atoms with van der Waals surface area (Å²) < 4.78 is 11.9. The molecule has 2 heterocycles. The molecule has 0 unspecified atom stereocenters. The summed E-state index contributed by atoms with van der Waals surface area (Å²) in [5.41, 5.74) is 1.67. The summed E-state index contributed by atoms with van der Waals surface area (Å²) >= 11 is 7.30. The molecule has 0 radical (unpaired) electrons. The van der Waals surface area contributed by atoms with Gasteiger partial charge in [0.15, 0.2) is 5.82 Å². The molecular formula is C19H15ClN4O3S. The van der Waals surface area contributed by atoms with Crippen molar-refractivity contribution in [3.8, 4) is 17.1 Å². The first kappa shape index (κ1) is 18.4. The smallest absolute Gasteiger partial charge is 0.336 e. The van der Waals surface area contributed by atoms with Crippen LogP contribution in [-0.2, 0) is 5.75 Å². The van der Waals surface area contributed by atoms with E-state index in [0.717, 1.165) is 16.5 Å². The average molecular weight is 415 g/mol. The van der Waals surface area contributed by atoms with E-state index in [0.29, 0.717) is 33.1 Å². The Bertz CT molecular complexity index is 1200. The molecule has 0 fully saturated rings. The third kappa shape index (κ3) is 3.56. The van der Waals surface area contributed by atoms with Crippen LogP contribution < -0.4 is 16.2 Å². The van der Waals surface area contributed by atoms with Crippen LogP contribution in [0.4, 0.5) is 0 Å². The van der Waals surface area contributed by atoms with Crippen molar-refractivity contribution in [3.63, 3.8) is 0 Å². The SMILES string of the molecule is COc1ccc2c(CSc3nnc(-c4ccc(Cl)cc4)n3N)cc(=O)oc2c1. The molecular weight excluding hydrogens is 400 g/mol. The molecule has 0 saturated heterocycles. The van der Waals surface area contributed by atoms with Crippen LogP contribution in [0.5, 0.6) is 5.75 Å². The predicted molar refractivity (Wildman–Crippen MR) is 109 cm³/mol. The molecule has 2 N–H and O–H groups in total. The lowest BCUT2D eigenvalue weighted by Crippen LogP contribution is -2.11. The number of fused-ring (bicyclic) bond motifs is 1. The molecule has 2 aromatic heterocycles. The third-order valence-corrected chi connectivity index (χ3v) is 5.40. The number of nitrogen functional groups attached to an aromatic ring is 1. The fourth-order valence-corrected chi connectivity index (χ4v) is 3.74. The average Bonchev–Trinajstić information content (AvgIpc) is 3.06. The van der Waals surface area contributed by atoms with E-state index in [1.807, 2.05) is 24.3 Å². The van der Waals surface area contributed by atoms with Gasteiger partial charge in [0.05, 0.1) is 7.11 Å². The maximum Gasteiger partial charge on any atom is 0.336 e. The van der Waals surface area contributed by atoms with Crippen LogP contribution in [0.1, 0.15) is 5.56 Å². The molecule has 0 aliphatic heterocycles. The second kappa shape index (κ2) is 7.57. The minimum atomic E-state index is -0.424. The minimum Gasteiger partial charge on any atom is -0.497 e. The van der Waals surface area contributed by atoms with Gasteiger partial charge in [-0.05, 0) is 42.0 Å². The van der Waals surface area contributed by atoms with E-state index in [-0.39, 0.29) is 0 Å². The zero-order valence-electron chi connectivity index (χ0n) is 14.8. The molecule has 0 bridgehead atoms. The fourth-order valence-electron chi connectivity index (χ4n) is 2.77. The standard InChI is InChI=1S/C19H15ClN4O3S/c1-26-14-6-7-15-12(8-17(25)27-16(15)9-14)10-28-19-23-22-18(24(19)21)11-2-4-13(20)5-3-11/h2-9H,10,21H2,1H3. The molecule has 9 heteroatoms. The van der Waals surface area contributed by atoms with Gasteiger partial charge in [0, 0.05) is 33.9 Å². The normalized spacial score (nSPS) is 11.1. The highest BCUT2D eigenvalue weighted by Gasteiger charge is 2.14. The van der Waals surface area contributed by atoms with Crippen LogP contribution in [0.15, 0.2) is 62.9 Å². The van der Waals surface area contributed by atoms with E-state index in [4.69, 9.17) is 26.6 Å². The Hall–Kier alpha value is -2.97. The summed E-state index contributed by atoms with van der Waals surface area (Å²) in [6.07, 6.45) is 0. The Morgan fingerprint density at radius 2 is 1.96 bits per heavy atom. The van der Waals surface area contributed by atoms with Crippen LogP contribution in [0, 0.1) is 0 Å². The minimum absolute atomic E-state index is 0.424. The van der Waals surface area contributed by atoms with Crippen LogP contribution in [0.2, 0.25) is 5.02 Å². The number of methoxy groups -OCH3 is 1. The van der Waals surface area contributed by atoms with Crippen molar-refractivity contribution in [2.75, 3.05) is 13.0 Å². The molecule has 0 aliphatic carbocycles. The van der Waals surface area contributed by atoms with E-state index >= 15 is 0 Å². The number of ether oxygens (including phenoxy) is 1. The van der Waals surface area contributed by atoms with Gasteiger partial charge in [0.2, 0.25) is 5.16 Å². The second-order valence-corrected chi connectivity index (χ2v) is 7.30. The van der Waals surface area contributed by atoms with Gasteiger partial charge >= 0.3 is 5.63 Å². The zero-order valence-corrected chi connectivity index (χ0v) is 16.3. The molecule has 4 rings (SSSR count). The molecule has 0 aliphatic rings. The van der Waals surface area contributed by atoms with Crippen LogP contribution in [-0.4, -0.2) is 22.0 Å². The van der Waals surface area contributed by atoms with Gasteiger partial charge in [0.25, 0.3) is 0 Å². The molecule has 2 aromatic carbocycles. The highest BCUT2D eigenvalue weighted by molar-refractivity contribution is 7.98. The Balaban J connectivity index is 1.62. The first-order valence-corrected chi connectivity index (χ1v) is 9.61. The molecule has 4 aromatic rings. The number of hydrogen-bond acceptors (Lipinski definition) is 7. The Morgan fingerprint density at radius 3 is 2.71 bits per heavy atom. The van der Waals surface area contributed by atoms with E-state index in [2.05, 4.69) is 10.2 Å². The quantitative estimate of drug-likeness (QED) is 0.302. The highest BCUT2D eigenvalue weighted by atomic mass is 35.5. The largest absolute Gasteiger partial charge is 0.497 e. The molecule has 0 amide bonds. The lowest BCUT2D eigenvalue weighted by Gasteiger charge is -2.07. The molecule has 0 atom stereocenters. The topological polar surface area (TPSA) is 96.2 Å². The summed E-state index contributed by atoms with van der Waals surface area (Å²) in [7, 11) is 1.56. The predicted octanol–water partition coefficient (Wildman–Crippen LogP) is 3.72. The molecule has 7 nitrogen and oxygen atoms in total. The number of halogens is 1. The second-order valence-electron chi connectivity index (χ2n) is 5.92. The van der Waals surface area contributed by atoms with Gasteiger partial charge in [-0.2, -0.15) is 0 Å². The van der Waals surface area contributed by atoms with Crippen molar-refractivity contribution in [2.24, 2.45) is 0 Å². The van der Waals surface area contributed by atoms with Crippen LogP contribution in [0.3, 0.4) is 0 Å². The number of rotatable bonds is 5. The van der Waals surface area contributed by atoms with E-state index in [1.165, 1.54) is 22.5 Å². The van der Waals surface area contributed by atoms with Crippen molar-refractivity contribution < 1.29 is 9.15 Å². The Kier molecular flexibility index (Phi) is 4.97. The van der Waals surface area contributed by atoms with E-state index < -0.39 is 5.63 Å². The van der Waals surface area contributed by atoms with Crippen molar-refractivity contribution in [1.82, 2.24) is 14.9 Å². The zero-order chi connectivity index (χ0) is 19.7. The van der Waals surface area contributed by atoms with Crippen molar-refractivity contribution >= 4 is 34.3 Å². The number of aromatic nitrogens is 3.